The number of nitrogens with zero attached hydrogens (tertiary/aromatic N) is 1. The first-order chi connectivity index (χ1) is 13.9. The van der Waals surface area contributed by atoms with Gasteiger partial charge in [0.1, 0.15) is 0 Å². The van der Waals surface area contributed by atoms with Crippen molar-refractivity contribution < 1.29 is 14.5 Å². The summed E-state index contributed by atoms with van der Waals surface area (Å²) in [5.41, 5.74) is 1.26. The van der Waals surface area contributed by atoms with E-state index in [9.17, 15) is 19.7 Å². The fourth-order valence-electron chi connectivity index (χ4n) is 2.58. The topological polar surface area (TPSA) is 113 Å². The second-order valence-corrected chi connectivity index (χ2v) is 7.24. The number of nitro benzene ring substituents is 1. The number of carbonyl (C=O) groups is 2. The fourth-order valence-corrected chi connectivity index (χ4v) is 3.39. The third-order valence-corrected chi connectivity index (χ3v) is 5.03. The van der Waals surface area contributed by atoms with E-state index in [1.807, 2.05) is 18.2 Å². The van der Waals surface area contributed by atoms with E-state index in [1.54, 1.807) is 43.3 Å². The van der Waals surface area contributed by atoms with Gasteiger partial charge in [-0.2, -0.15) is 0 Å². The lowest BCUT2D eigenvalue weighted by molar-refractivity contribution is -0.384. The number of benzene rings is 2. The highest BCUT2D eigenvalue weighted by Gasteiger charge is 2.16. The van der Waals surface area contributed by atoms with Gasteiger partial charge in [0.25, 0.3) is 11.6 Å². The first-order valence-corrected chi connectivity index (χ1v) is 9.52. The van der Waals surface area contributed by atoms with Crippen LogP contribution in [0.15, 0.2) is 66.7 Å². The van der Waals surface area contributed by atoms with Crippen molar-refractivity contribution in [2.75, 3.05) is 10.6 Å². The lowest BCUT2D eigenvalue weighted by Gasteiger charge is -2.13. The molecule has 3 amide bonds. The molecule has 0 saturated carbocycles. The van der Waals surface area contributed by atoms with Gasteiger partial charge < -0.3 is 10.6 Å². The summed E-state index contributed by atoms with van der Waals surface area (Å²) >= 11 is 1.13. The van der Waals surface area contributed by atoms with Gasteiger partial charge in [-0.15, -0.1) is 11.3 Å². The maximum atomic E-state index is 12.5. The summed E-state index contributed by atoms with van der Waals surface area (Å²) < 4.78 is 0. The number of urea groups is 1. The van der Waals surface area contributed by atoms with Crippen molar-refractivity contribution in [2.45, 2.75) is 13.0 Å². The van der Waals surface area contributed by atoms with Crippen LogP contribution in [0.1, 0.15) is 28.2 Å². The molecule has 0 aliphatic carbocycles. The van der Waals surface area contributed by atoms with Crippen molar-refractivity contribution in [3.63, 3.8) is 0 Å². The van der Waals surface area contributed by atoms with Crippen molar-refractivity contribution in [2.24, 2.45) is 0 Å². The Morgan fingerprint density at radius 3 is 2.48 bits per heavy atom. The molecule has 0 radical (unpaired) electrons. The number of carbonyl (C=O) groups excluding carboxylic acids is 2. The molecule has 3 rings (SSSR count). The molecule has 0 spiro atoms. The second kappa shape index (κ2) is 8.98. The molecule has 1 aromatic heterocycles. The highest BCUT2D eigenvalue weighted by Crippen LogP contribution is 2.24. The number of rotatable bonds is 6. The van der Waals surface area contributed by atoms with Crippen LogP contribution in [0.3, 0.4) is 0 Å². The molecule has 1 heterocycles. The number of anilines is 2. The zero-order valence-electron chi connectivity index (χ0n) is 15.4. The van der Waals surface area contributed by atoms with E-state index in [0.29, 0.717) is 21.1 Å². The molecule has 1 unspecified atom stereocenters. The summed E-state index contributed by atoms with van der Waals surface area (Å²) in [7, 11) is 0. The van der Waals surface area contributed by atoms with E-state index in [1.165, 1.54) is 12.1 Å². The second-order valence-electron chi connectivity index (χ2n) is 6.16. The molecule has 0 aliphatic rings. The Morgan fingerprint density at radius 2 is 1.76 bits per heavy atom. The van der Waals surface area contributed by atoms with Crippen molar-refractivity contribution in [1.82, 2.24) is 5.32 Å². The molecule has 3 N–H and O–H groups in total. The molecule has 8 nitrogen and oxygen atoms in total. The lowest BCUT2D eigenvalue weighted by atomic mass is 10.1. The van der Waals surface area contributed by atoms with E-state index in [2.05, 4.69) is 16.0 Å². The molecule has 2 aromatic carbocycles. The van der Waals surface area contributed by atoms with Crippen LogP contribution in [0.5, 0.6) is 0 Å². The average molecular weight is 410 g/mol. The van der Waals surface area contributed by atoms with E-state index in [-0.39, 0.29) is 11.6 Å². The van der Waals surface area contributed by atoms with Gasteiger partial charge in [0.2, 0.25) is 0 Å². The molecular formula is C20H18N4O4S. The number of para-hydroxylation sites is 1. The first-order valence-electron chi connectivity index (χ1n) is 8.70. The Kier molecular flexibility index (Phi) is 6.20. The zero-order chi connectivity index (χ0) is 20.8. The molecular weight excluding hydrogens is 392 g/mol. The Hall–Kier alpha value is -3.72. The van der Waals surface area contributed by atoms with Crippen LogP contribution in [0.25, 0.3) is 0 Å². The van der Waals surface area contributed by atoms with Crippen molar-refractivity contribution >= 4 is 39.7 Å². The summed E-state index contributed by atoms with van der Waals surface area (Å²) in [6, 6.07) is 17.6. The zero-order valence-corrected chi connectivity index (χ0v) is 16.2. The van der Waals surface area contributed by atoms with Gasteiger partial charge in [0, 0.05) is 17.8 Å². The van der Waals surface area contributed by atoms with E-state index >= 15 is 0 Å². The molecule has 9 heteroatoms. The van der Waals surface area contributed by atoms with Crippen LogP contribution in [-0.2, 0) is 0 Å². The first kappa shape index (κ1) is 20.0. The normalized spacial score (nSPS) is 11.3. The minimum Gasteiger partial charge on any atom is -0.345 e. The molecule has 29 heavy (non-hydrogen) atoms. The van der Waals surface area contributed by atoms with Gasteiger partial charge in [-0.1, -0.05) is 30.3 Å². The Morgan fingerprint density at radius 1 is 1.00 bits per heavy atom. The fraction of sp³-hybridized carbons (Fsp3) is 0.100. The molecule has 0 fully saturated rings. The van der Waals surface area contributed by atoms with Crippen LogP contribution >= 0.6 is 11.3 Å². The standard InChI is InChI=1S/C20H18N4O4S/c1-13(14-6-5-9-16(12-14)24(27)28)21-19(25)17-10-11-18(29-17)23-20(26)22-15-7-3-2-4-8-15/h2-13H,1H3,(H,21,25)(H2,22,23,26). The Bertz CT molecular complexity index is 1040. The van der Waals surface area contributed by atoms with Crippen molar-refractivity contribution in [3.8, 4) is 0 Å². The maximum Gasteiger partial charge on any atom is 0.324 e. The van der Waals surface area contributed by atoms with Crippen LogP contribution in [0, 0.1) is 10.1 Å². The molecule has 0 saturated heterocycles. The smallest absolute Gasteiger partial charge is 0.324 e. The third kappa shape index (κ3) is 5.39. The largest absolute Gasteiger partial charge is 0.345 e. The van der Waals surface area contributed by atoms with Gasteiger partial charge in [-0.05, 0) is 36.8 Å². The number of hydrogen-bond donors (Lipinski definition) is 3. The summed E-state index contributed by atoms with van der Waals surface area (Å²) in [5, 5.41) is 19.6. The number of thiophene rings is 1. The minimum absolute atomic E-state index is 0.0318. The van der Waals surface area contributed by atoms with Crippen LogP contribution in [0.4, 0.5) is 21.2 Å². The van der Waals surface area contributed by atoms with E-state index in [4.69, 9.17) is 0 Å². The monoisotopic (exact) mass is 410 g/mol. The number of nitro groups is 1. The number of hydrogen-bond acceptors (Lipinski definition) is 5. The van der Waals surface area contributed by atoms with Crippen LogP contribution in [0.2, 0.25) is 0 Å². The summed E-state index contributed by atoms with van der Waals surface area (Å²) in [6.07, 6.45) is 0. The highest BCUT2D eigenvalue weighted by molar-refractivity contribution is 7.18. The third-order valence-electron chi connectivity index (χ3n) is 4.03. The van der Waals surface area contributed by atoms with E-state index < -0.39 is 17.0 Å². The van der Waals surface area contributed by atoms with Gasteiger partial charge in [-0.25, -0.2) is 4.79 Å². The predicted molar refractivity (Wildman–Crippen MR) is 112 cm³/mol. The van der Waals surface area contributed by atoms with Gasteiger partial charge in [-0.3, -0.25) is 20.2 Å². The average Bonchev–Trinajstić information content (AvgIpc) is 3.17. The molecule has 0 bridgehead atoms. The summed E-state index contributed by atoms with van der Waals surface area (Å²) in [5.74, 6) is -0.328. The number of nitrogens with one attached hydrogen (secondary N) is 3. The Labute approximate surface area is 170 Å². The SMILES string of the molecule is CC(NC(=O)c1ccc(NC(=O)Nc2ccccc2)s1)c1cccc([N+](=O)[O-])c1. The molecule has 3 aromatic rings. The van der Waals surface area contributed by atoms with Gasteiger partial charge in [0.05, 0.1) is 20.8 Å². The van der Waals surface area contributed by atoms with Crippen molar-refractivity contribution in [1.29, 1.82) is 0 Å². The highest BCUT2D eigenvalue weighted by atomic mass is 32.1. The predicted octanol–water partition coefficient (Wildman–Crippen LogP) is 4.79. The quantitative estimate of drug-likeness (QED) is 0.400. The van der Waals surface area contributed by atoms with Gasteiger partial charge in [0.15, 0.2) is 0 Å². The Balaban J connectivity index is 1.59. The summed E-state index contributed by atoms with van der Waals surface area (Å²) in [4.78, 5) is 35.4. The maximum absolute atomic E-state index is 12.5. The van der Waals surface area contributed by atoms with Crippen molar-refractivity contribution in [3.05, 3.63) is 87.3 Å². The number of non-ortho nitro benzene ring substituents is 1. The van der Waals surface area contributed by atoms with Crippen LogP contribution < -0.4 is 16.0 Å². The number of amides is 3. The van der Waals surface area contributed by atoms with Crippen LogP contribution in [-0.4, -0.2) is 16.9 Å². The van der Waals surface area contributed by atoms with Gasteiger partial charge >= 0.3 is 6.03 Å². The summed E-state index contributed by atoms with van der Waals surface area (Å²) in [6.45, 7) is 1.75. The molecule has 0 aliphatic heterocycles. The molecule has 148 valence electrons. The molecule has 1 atom stereocenters. The van der Waals surface area contributed by atoms with E-state index in [0.717, 1.165) is 11.3 Å². The lowest BCUT2D eigenvalue weighted by Crippen LogP contribution is -2.25. The minimum atomic E-state index is -0.476.